The molecule has 1 spiro atoms. The molecule has 2 aliphatic heterocycles. The van der Waals surface area contributed by atoms with Crippen LogP contribution in [0.25, 0.3) is 0 Å². The van der Waals surface area contributed by atoms with Gasteiger partial charge in [0.05, 0.1) is 22.7 Å². The molecule has 1 atom stereocenters. The third-order valence-corrected chi connectivity index (χ3v) is 6.69. The van der Waals surface area contributed by atoms with Gasteiger partial charge in [-0.05, 0) is 39.0 Å². The van der Waals surface area contributed by atoms with Crippen LogP contribution < -0.4 is 0 Å². The van der Waals surface area contributed by atoms with Crippen molar-refractivity contribution in [3.05, 3.63) is 28.2 Å². The number of hydrogen-bond donors (Lipinski definition) is 0. The number of carbonyl (C=O) groups is 2. The topological polar surface area (TPSA) is 53.5 Å². The van der Waals surface area contributed by atoms with Crippen LogP contribution in [0.4, 0.5) is 0 Å². The highest BCUT2D eigenvalue weighted by Gasteiger charge is 2.50. The number of allylic oxidation sites excluding steroid dienone is 2. The molecule has 3 heterocycles. The quantitative estimate of drug-likeness (QED) is 0.780. The Labute approximate surface area is 152 Å². The summed E-state index contributed by atoms with van der Waals surface area (Å²) in [6.45, 7) is 4.78. The Morgan fingerprint density at radius 2 is 2.12 bits per heavy atom. The second kappa shape index (κ2) is 6.56. The van der Waals surface area contributed by atoms with E-state index < -0.39 is 0 Å². The summed E-state index contributed by atoms with van der Waals surface area (Å²) < 4.78 is 0. The molecule has 25 heavy (non-hydrogen) atoms. The number of piperidine rings is 1. The molecule has 5 nitrogen and oxygen atoms in total. The molecule has 3 aliphatic rings. The molecule has 1 aliphatic carbocycles. The highest BCUT2D eigenvalue weighted by atomic mass is 32.1. The van der Waals surface area contributed by atoms with Gasteiger partial charge in [0, 0.05) is 30.9 Å². The van der Waals surface area contributed by atoms with Crippen molar-refractivity contribution in [3.63, 3.8) is 0 Å². The summed E-state index contributed by atoms with van der Waals surface area (Å²) >= 11 is 1.63. The van der Waals surface area contributed by atoms with Crippen molar-refractivity contribution < 1.29 is 9.59 Å². The summed E-state index contributed by atoms with van der Waals surface area (Å²) in [5.74, 6) is 0.561. The van der Waals surface area contributed by atoms with E-state index in [0.717, 1.165) is 55.9 Å². The molecule has 0 bridgehead atoms. The molecule has 6 heteroatoms. The van der Waals surface area contributed by atoms with Crippen LogP contribution in [0.2, 0.25) is 0 Å². The smallest absolute Gasteiger partial charge is 0.231 e. The van der Waals surface area contributed by atoms with Crippen LogP contribution >= 0.6 is 11.3 Å². The molecule has 134 valence electrons. The first-order chi connectivity index (χ1) is 12.1. The van der Waals surface area contributed by atoms with Crippen LogP contribution in [0.3, 0.4) is 0 Å². The van der Waals surface area contributed by atoms with Gasteiger partial charge in [0.1, 0.15) is 0 Å². The predicted molar refractivity (Wildman–Crippen MR) is 97.0 cm³/mol. The SMILES string of the molecule is Cc1nc(CN2CC[C@]3(CCCN(C(=O)C4CC=CC4)C3)C2=O)cs1. The summed E-state index contributed by atoms with van der Waals surface area (Å²) in [5.41, 5.74) is 0.624. The Morgan fingerprint density at radius 1 is 1.32 bits per heavy atom. The Kier molecular flexibility index (Phi) is 4.40. The van der Waals surface area contributed by atoms with Crippen LogP contribution in [0.15, 0.2) is 17.5 Å². The molecule has 2 fully saturated rings. The number of aryl methyl sites for hydroxylation is 1. The maximum atomic E-state index is 13.1. The largest absolute Gasteiger partial charge is 0.341 e. The monoisotopic (exact) mass is 359 g/mol. The second-order valence-corrected chi connectivity index (χ2v) is 8.68. The minimum absolute atomic E-state index is 0.0979. The molecular formula is C19H25N3O2S. The van der Waals surface area contributed by atoms with Gasteiger partial charge < -0.3 is 9.80 Å². The van der Waals surface area contributed by atoms with Crippen molar-refractivity contribution in [1.29, 1.82) is 0 Å². The van der Waals surface area contributed by atoms with Gasteiger partial charge in [0.15, 0.2) is 0 Å². The van der Waals surface area contributed by atoms with Gasteiger partial charge in [-0.25, -0.2) is 4.98 Å². The lowest BCUT2D eigenvalue weighted by atomic mass is 9.78. The number of rotatable bonds is 3. The fourth-order valence-corrected chi connectivity index (χ4v) is 5.10. The van der Waals surface area contributed by atoms with Crippen LogP contribution in [0.1, 0.15) is 42.8 Å². The zero-order valence-corrected chi connectivity index (χ0v) is 15.6. The van der Waals surface area contributed by atoms with Crippen molar-refractivity contribution in [2.24, 2.45) is 11.3 Å². The van der Waals surface area contributed by atoms with E-state index in [-0.39, 0.29) is 23.1 Å². The summed E-state index contributed by atoms with van der Waals surface area (Å²) in [7, 11) is 0. The molecule has 2 amide bonds. The fourth-order valence-electron chi connectivity index (χ4n) is 4.50. The van der Waals surface area contributed by atoms with Crippen molar-refractivity contribution >= 4 is 23.2 Å². The van der Waals surface area contributed by atoms with Gasteiger partial charge in [0.25, 0.3) is 0 Å². The molecule has 0 unspecified atom stereocenters. The highest BCUT2D eigenvalue weighted by molar-refractivity contribution is 7.09. The van der Waals surface area contributed by atoms with Crippen LogP contribution in [0, 0.1) is 18.3 Å². The summed E-state index contributed by atoms with van der Waals surface area (Å²) in [5, 5.41) is 3.08. The first-order valence-electron chi connectivity index (χ1n) is 9.22. The highest BCUT2D eigenvalue weighted by Crippen LogP contribution is 2.41. The number of likely N-dealkylation sites (tertiary alicyclic amines) is 2. The second-order valence-electron chi connectivity index (χ2n) is 7.62. The third-order valence-electron chi connectivity index (χ3n) is 5.87. The standard InChI is InChI=1S/C19H25N3O2S/c1-14-20-16(12-25-14)11-21-10-8-19(18(21)24)7-4-9-22(13-19)17(23)15-5-2-3-6-15/h2-3,12,15H,4-11,13H2,1H3/t19-/m0/s1. The molecule has 2 saturated heterocycles. The van der Waals surface area contributed by atoms with Crippen LogP contribution in [-0.2, 0) is 16.1 Å². The van der Waals surface area contributed by atoms with E-state index in [1.807, 2.05) is 22.1 Å². The molecular weight excluding hydrogens is 334 g/mol. The third kappa shape index (κ3) is 3.12. The van der Waals surface area contributed by atoms with E-state index in [9.17, 15) is 9.59 Å². The van der Waals surface area contributed by atoms with E-state index in [4.69, 9.17) is 0 Å². The normalized spacial score (nSPS) is 27.0. The van der Waals surface area contributed by atoms with E-state index in [2.05, 4.69) is 17.1 Å². The number of carbonyl (C=O) groups excluding carboxylic acids is 2. The van der Waals surface area contributed by atoms with Crippen molar-refractivity contribution in [2.75, 3.05) is 19.6 Å². The lowest BCUT2D eigenvalue weighted by molar-refractivity contribution is -0.145. The number of aromatic nitrogens is 1. The Hall–Kier alpha value is -1.69. The van der Waals surface area contributed by atoms with Crippen LogP contribution in [-0.4, -0.2) is 46.2 Å². The molecule has 4 rings (SSSR count). The van der Waals surface area contributed by atoms with Gasteiger partial charge in [-0.2, -0.15) is 0 Å². The van der Waals surface area contributed by atoms with Gasteiger partial charge in [-0.1, -0.05) is 12.2 Å². The maximum Gasteiger partial charge on any atom is 0.231 e. The number of thiazole rings is 1. The zero-order chi connectivity index (χ0) is 17.4. The first-order valence-corrected chi connectivity index (χ1v) is 10.1. The van der Waals surface area contributed by atoms with E-state index in [0.29, 0.717) is 13.1 Å². The van der Waals surface area contributed by atoms with E-state index >= 15 is 0 Å². The van der Waals surface area contributed by atoms with E-state index in [1.165, 1.54) is 0 Å². The van der Waals surface area contributed by atoms with Crippen LogP contribution in [0.5, 0.6) is 0 Å². The number of hydrogen-bond acceptors (Lipinski definition) is 4. The van der Waals surface area contributed by atoms with Gasteiger partial charge in [-0.3, -0.25) is 9.59 Å². The van der Waals surface area contributed by atoms with Crippen molar-refractivity contribution in [3.8, 4) is 0 Å². The average molecular weight is 359 g/mol. The minimum atomic E-state index is -0.356. The Morgan fingerprint density at radius 3 is 2.84 bits per heavy atom. The molecule has 0 saturated carbocycles. The van der Waals surface area contributed by atoms with E-state index in [1.54, 1.807) is 11.3 Å². The molecule has 1 aromatic heterocycles. The Bertz CT molecular complexity index is 705. The minimum Gasteiger partial charge on any atom is -0.341 e. The molecule has 0 N–H and O–H groups in total. The summed E-state index contributed by atoms with van der Waals surface area (Å²) in [6, 6.07) is 0. The van der Waals surface area contributed by atoms with Crippen molar-refractivity contribution in [1.82, 2.24) is 14.8 Å². The number of amides is 2. The van der Waals surface area contributed by atoms with Gasteiger partial charge >= 0.3 is 0 Å². The predicted octanol–water partition coefficient (Wildman–Crippen LogP) is 2.76. The Balaban J connectivity index is 1.44. The lowest BCUT2D eigenvalue weighted by Crippen LogP contribution is -2.51. The molecule has 0 radical (unpaired) electrons. The maximum absolute atomic E-state index is 13.1. The number of nitrogens with zero attached hydrogens (tertiary/aromatic N) is 3. The van der Waals surface area contributed by atoms with Gasteiger partial charge in [-0.15, -0.1) is 11.3 Å². The summed E-state index contributed by atoms with van der Waals surface area (Å²) in [4.78, 5) is 34.3. The van der Waals surface area contributed by atoms with Gasteiger partial charge in [0.2, 0.25) is 11.8 Å². The molecule has 0 aromatic carbocycles. The van der Waals surface area contributed by atoms with Crippen molar-refractivity contribution in [2.45, 2.75) is 45.6 Å². The fraction of sp³-hybridized carbons (Fsp3) is 0.632. The zero-order valence-electron chi connectivity index (χ0n) is 14.7. The molecule has 1 aromatic rings. The lowest BCUT2D eigenvalue weighted by Gasteiger charge is -2.40. The first kappa shape index (κ1) is 16.8. The summed E-state index contributed by atoms with van der Waals surface area (Å²) in [6.07, 6.45) is 8.60. The average Bonchev–Trinajstić information content (AvgIpc) is 3.34.